The minimum atomic E-state index is -0.559. The number of hydrogen-bond acceptors (Lipinski definition) is 7. The molecule has 0 bridgehead atoms. The molecule has 4 rings (SSSR count). The number of benzene rings is 2. The highest BCUT2D eigenvalue weighted by molar-refractivity contribution is 8.00. The predicted molar refractivity (Wildman–Crippen MR) is 118 cm³/mol. The number of hydrogen-bond donors (Lipinski definition) is 1. The molecule has 2 aromatic carbocycles. The van der Waals surface area contributed by atoms with Crippen molar-refractivity contribution in [3.8, 4) is 5.75 Å². The van der Waals surface area contributed by atoms with E-state index in [1.54, 1.807) is 30.0 Å². The van der Waals surface area contributed by atoms with Gasteiger partial charge in [-0.3, -0.25) is 4.79 Å². The summed E-state index contributed by atoms with van der Waals surface area (Å²) in [4.78, 5) is 13.3. The SMILES string of the molecule is COc1ccc(NC(=O)[C@@H](Sc2nnnn2C[C@@H]2CCCO2)c2ccccc2)cc1Cl. The van der Waals surface area contributed by atoms with E-state index in [-0.39, 0.29) is 12.0 Å². The summed E-state index contributed by atoms with van der Waals surface area (Å²) in [5, 5.41) is 15.4. The number of ether oxygens (including phenoxy) is 2. The van der Waals surface area contributed by atoms with Crippen molar-refractivity contribution < 1.29 is 14.3 Å². The van der Waals surface area contributed by atoms with Crippen LogP contribution >= 0.6 is 23.4 Å². The van der Waals surface area contributed by atoms with E-state index >= 15 is 0 Å². The van der Waals surface area contributed by atoms with Gasteiger partial charge < -0.3 is 14.8 Å². The Kier molecular flexibility index (Phi) is 7.06. The van der Waals surface area contributed by atoms with Crippen LogP contribution in [0.15, 0.2) is 53.7 Å². The molecule has 0 aliphatic carbocycles. The monoisotopic (exact) mass is 459 g/mol. The first kappa shape index (κ1) is 21.6. The van der Waals surface area contributed by atoms with E-state index in [2.05, 4.69) is 20.8 Å². The lowest BCUT2D eigenvalue weighted by Gasteiger charge is -2.17. The Bertz CT molecular complexity index is 1030. The van der Waals surface area contributed by atoms with Crippen molar-refractivity contribution in [1.82, 2.24) is 20.2 Å². The molecule has 1 saturated heterocycles. The van der Waals surface area contributed by atoms with Gasteiger partial charge in [-0.1, -0.05) is 53.7 Å². The number of nitrogens with one attached hydrogen (secondary N) is 1. The summed E-state index contributed by atoms with van der Waals surface area (Å²) in [5.41, 5.74) is 1.42. The zero-order valence-electron chi connectivity index (χ0n) is 16.9. The van der Waals surface area contributed by atoms with Crippen LogP contribution < -0.4 is 10.1 Å². The Balaban J connectivity index is 1.55. The summed E-state index contributed by atoms with van der Waals surface area (Å²) < 4.78 is 12.6. The standard InChI is InChI=1S/C21H22ClN5O3S/c1-29-18-10-9-15(12-17(18)22)23-20(28)19(14-6-3-2-4-7-14)31-21-24-25-26-27(21)13-16-8-5-11-30-16/h2-4,6-7,9-10,12,16,19H,5,8,11,13H2,1H3,(H,23,28)/t16-,19-/m0/s1. The number of halogens is 1. The zero-order chi connectivity index (χ0) is 21.6. The quantitative estimate of drug-likeness (QED) is 0.509. The van der Waals surface area contributed by atoms with Crippen LogP contribution in [0.1, 0.15) is 23.7 Å². The van der Waals surface area contributed by atoms with Crippen LogP contribution in [0.3, 0.4) is 0 Å². The van der Waals surface area contributed by atoms with Crippen LogP contribution in [0.2, 0.25) is 5.02 Å². The molecule has 1 amide bonds. The fourth-order valence-corrected chi connectivity index (χ4v) is 4.58. The number of nitrogens with zero attached hydrogens (tertiary/aromatic N) is 4. The van der Waals surface area contributed by atoms with Gasteiger partial charge in [-0.25, -0.2) is 4.68 Å². The maximum atomic E-state index is 13.3. The summed E-state index contributed by atoms with van der Waals surface area (Å²) in [5.74, 6) is 0.339. The van der Waals surface area contributed by atoms with Crippen molar-refractivity contribution in [2.24, 2.45) is 0 Å². The van der Waals surface area contributed by atoms with Crippen molar-refractivity contribution in [1.29, 1.82) is 0 Å². The third-order valence-electron chi connectivity index (χ3n) is 4.88. The molecule has 8 nitrogen and oxygen atoms in total. The summed E-state index contributed by atoms with van der Waals surface area (Å²) in [6.45, 7) is 1.32. The number of carbonyl (C=O) groups is 1. The van der Waals surface area contributed by atoms with E-state index in [0.717, 1.165) is 25.0 Å². The van der Waals surface area contributed by atoms with Crippen LogP contribution in [-0.2, 0) is 16.1 Å². The Morgan fingerprint density at radius 3 is 2.90 bits per heavy atom. The lowest BCUT2D eigenvalue weighted by molar-refractivity contribution is -0.115. The van der Waals surface area contributed by atoms with Crippen molar-refractivity contribution in [2.45, 2.75) is 35.9 Å². The van der Waals surface area contributed by atoms with Gasteiger partial charge in [-0.2, -0.15) is 0 Å². The summed E-state index contributed by atoms with van der Waals surface area (Å²) >= 11 is 7.50. The number of carbonyl (C=O) groups excluding carboxylic acids is 1. The van der Waals surface area contributed by atoms with Crippen molar-refractivity contribution in [3.63, 3.8) is 0 Å². The van der Waals surface area contributed by atoms with Gasteiger partial charge in [0, 0.05) is 12.3 Å². The molecule has 2 heterocycles. The van der Waals surface area contributed by atoms with Crippen molar-refractivity contribution >= 4 is 35.0 Å². The number of thioether (sulfide) groups is 1. The highest BCUT2D eigenvalue weighted by atomic mass is 35.5. The van der Waals surface area contributed by atoms with Crippen molar-refractivity contribution in [2.75, 3.05) is 19.0 Å². The molecule has 0 saturated carbocycles. The third kappa shape index (κ3) is 5.36. The molecule has 162 valence electrons. The molecular formula is C21H22ClN5O3S. The van der Waals surface area contributed by atoms with E-state index in [1.165, 1.54) is 11.8 Å². The summed E-state index contributed by atoms with van der Waals surface area (Å²) in [6.07, 6.45) is 2.10. The molecule has 10 heteroatoms. The summed E-state index contributed by atoms with van der Waals surface area (Å²) in [6, 6.07) is 14.6. The molecule has 1 aromatic heterocycles. The lowest BCUT2D eigenvalue weighted by atomic mass is 10.1. The van der Waals surface area contributed by atoms with Crippen LogP contribution in [-0.4, -0.2) is 45.9 Å². The van der Waals surface area contributed by atoms with Gasteiger partial charge in [0.25, 0.3) is 0 Å². The van der Waals surface area contributed by atoms with Crippen LogP contribution in [0.5, 0.6) is 5.75 Å². The number of anilines is 1. The highest BCUT2D eigenvalue weighted by Gasteiger charge is 2.26. The second-order valence-electron chi connectivity index (χ2n) is 7.03. The van der Waals surface area contributed by atoms with E-state index in [4.69, 9.17) is 21.1 Å². The van der Waals surface area contributed by atoms with Gasteiger partial charge in [-0.05, 0) is 47.0 Å². The Labute approximate surface area is 189 Å². The van der Waals surface area contributed by atoms with Gasteiger partial charge in [0.05, 0.1) is 24.8 Å². The molecule has 1 aliphatic rings. The van der Waals surface area contributed by atoms with E-state index < -0.39 is 5.25 Å². The molecule has 0 spiro atoms. The van der Waals surface area contributed by atoms with E-state index in [1.807, 2.05) is 30.3 Å². The fourth-order valence-electron chi connectivity index (χ4n) is 3.33. The number of tetrazole rings is 1. The van der Waals surface area contributed by atoms with E-state index in [0.29, 0.717) is 28.2 Å². The Morgan fingerprint density at radius 2 is 2.19 bits per heavy atom. The Morgan fingerprint density at radius 1 is 1.35 bits per heavy atom. The number of amides is 1. The average Bonchev–Trinajstić information content (AvgIpc) is 3.45. The smallest absolute Gasteiger partial charge is 0.242 e. The summed E-state index contributed by atoms with van der Waals surface area (Å²) in [7, 11) is 1.54. The average molecular weight is 460 g/mol. The third-order valence-corrected chi connectivity index (χ3v) is 6.40. The normalized spacial score (nSPS) is 16.8. The predicted octanol–water partition coefficient (Wildman–Crippen LogP) is 3.99. The van der Waals surface area contributed by atoms with Gasteiger partial charge >= 0.3 is 0 Å². The highest BCUT2D eigenvalue weighted by Crippen LogP contribution is 2.36. The molecule has 31 heavy (non-hydrogen) atoms. The molecule has 1 aliphatic heterocycles. The second kappa shape index (κ2) is 10.1. The van der Waals surface area contributed by atoms with Gasteiger partial charge in [0.2, 0.25) is 11.1 Å². The lowest BCUT2D eigenvalue weighted by Crippen LogP contribution is -2.21. The molecule has 3 aromatic rings. The number of rotatable bonds is 8. The molecule has 0 unspecified atom stereocenters. The zero-order valence-corrected chi connectivity index (χ0v) is 18.5. The molecule has 1 N–H and O–H groups in total. The van der Waals surface area contributed by atoms with Gasteiger partial charge in [-0.15, -0.1) is 5.10 Å². The first-order valence-electron chi connectivity index (χ1n) is 9.88. The molecule has 0 radical (unpaired) electrons. The van der Waals surface area contributed by atoms with E-state index in [9.17, 15) is 4.79 Å². The molecule has 1 fully saturated rings. The topological polar surface area (TPSA) is 91.2 Å². The van der Waals surface area contributed by atoms with Crippen LogP contribution in [0.4, 0.5) is 5.69 Å². The second-order valence-corrected chi connectivity index (χ2v) is 8.51. The first-order chi connectivity index (χ1) is 15.1. The van der Waals surface area contributed by atoms with Crippen molar-refractivity contribution in [3.05, 3.63) is 59.1 Å². The largest absolute Gasteiger partial charge is 0.495 e. The number of methoxy groups -OCH3 is 1. The van der Waals surface area contributed by atoms with Crippen LogP contribution in [0, 0.1) is 0 Å². The minimum absolute atomic E-state index is 0.0910. The Hall–Kier alpha value is -2.62. The first-order valence-corrected chi connectivity index (χ1v) is 11.1. The maximum Gasteiger partial charge on any atom is 0.242 e. The van der Waals surface area contributed by atoms with Gasteiger partial charge in [0.1, 0.15) is 11.0 Å². The maximum absolute atomic E-state index is 13.3. The molecular weight excluding hydrogens is 438 g/mol. The minimum Gasteiger partial charge on any atom is -0.495 e. The van der Waals surface area contributed by atoms with Gasteiger partial charge in [0.15, 0.2) is 0 Å². The molecule has 2 atom stereocenters. The van der Waals surface area contributed by atoms with Crippen LogP contribution in [0.25, 0.3) is 0 Å². The fraction of sp³-hybridized carbons (Fsp3) is 0.333. The number of aromatic nitrogens is 4.